The average molecular weight is 324 g/mol. The second kappa shape index (κ2) is 7.24. The Balaban J connectivity index is 1.58. The molecule has 0 aliphatic carbocycles. The molecule has 0 saturated carbocycles. The molecule has 24 heavy (non-hydrogen) atoms. The van der Waals surface area contributed by atoms with Gasteiger partial charge in [0.15, 0.2) is 38.6 Å². The van der Waals surface area contributed by atoms with Gasteiger partial charge in [-0.25, -0.2) is 9.15 Å². The summed E-state index contributed by atoms with van der Waals surface area (Å²) in [4.78, 5) is 0. The van der Waals surface area contributed by atoms with Crippen molar-refractivity contribution < 1.29 is 18.6 Å². The topological polar surface area (TPSA) is 24.5 Å². The Bertz CT molecular complexity index is 712. The molecule has 124 valence electrons. The van der Waals surface area contributed by atoms with E-state index < -0.39 is 0 Å². The minimum absolute atomic E-state index is 0.824. The van der Waals surface area contributed by atoms with Crippen LogP contribution < -0.4 is 0 Å². The molecule has 2 heterocycles. The highest BCUT2D eigenvalue weighted by Gasteiger charge is 2.12. The largest absolute Gasteiger partial charge is 0.368 e. The first-order chi connectivity index (χ1) is 11.9. The molecule has 0 N–H and O–H groups in total. The molecule has 0 amide bonds. The van der Waals surface area contributed by atoms with Gasteiger partial charge in [0.1, 0.15) is 26.4 Å². The van der Waals surface area contributed by atoms with E-state index in [1.165, 1.54) is 21.9 Å². The first-order valence-corrected chi connectivity index (χ1v) is 8.74. The number of nitrogens with zero attached hydrogens (tertiary/aromatic N) is 2. The fourth-order valence-corrected chi connectivity index (χ4v) is 3.28. The van der Waals surface area contributed by atoms with Gasteiger partial charge in [-0.1, -0.05) is 12.1 Å². The van der Waals surface area contributed by atoms with E-state index in [0.717, 1.165) is 52.6 Å². The minimum atomic E-state index is 0.824. The highest BCUT2D eigenvalue weighted by molar-refractivity contribution is 5.92. The van der Waals surface area contributed by atoms with Crippen LogP contribution in [-0.4, -0.2) is 74.2 Å². The summed E-state index contributed by atoms with van der Waals surface area (Å²) in [5.41, 5.74) is 2.52. The second-order valence-corrected chi connectivity index (χ2v) is 6.42. The smallest absolute Gasteiger partial charge is 0.170 e. The van der Waals surface area contributed by atoms with Gasteiger partial charge in [0, 0.05) is 11.1 Å². The molecular formula is C20H24N2O2+2. The summed E-state index contributed by atoms with van der Waals surface area (Å²) < 4.78 is 15.5. The Morgan fingerprint density at radius 1 is 0.625 bits per heavy atom. The lowest BCUT2D eigenvalue weighted by atomic mass is 10.0. The SMILES string of the molecule is C(c1ccc2cc(C=[N+]3CCOCC3)ccc2c1)=[N+]1CCOCC1. The third-order valence-corrected chi connectivity index (χ3v) is 4.64. The van der Waals surface area contributed by atoms with Crippen LogP contribution in [0, 0.1) is 0 Å². The van der Waals surface area contributed by atoms with Crippen molar-refractivity contribution in [2.45, 2.75) is 0 Å². The van der Waals surface area contributed by atoms with E-state index in [-0.39, 0.29) is 0 Å². The second-order valence-electron chi connectivity index (χ2n) is 6.42. The summed E-state index contributed by atoms with van der Waals surface area (Å²) in [7, 11) is 0. The van der Waals surface area contributed by atoms with Crippen LogP contribution in [0.3, 0.4) is 0 Å². The summed E-state index contributed by atoms with van der Waals surface area (Å²) >= 11 is 0. The van der Waals surface area contributed by atoms with Crippen molar-refractivity contribution >= 4 is 23.2 Å². The quantitative estimate of drug-likeness (QED) is 0.787. The zero-order chi connectivity index (χ0) is 16.2. The lowest BCUT2D eigenvalue weighted by Crippen LogP contribution is -2.29. The van der Waals surface area contributed by atoms with Gasteiger partial charge in [0.25, 0.3) is 0 Å². The van der Waals surface area contributed by atoms with Crippen LogP contribution >= 0.6 is 0 Å². The molecule has 0 aromatic heterocycles. The van der Waals surface area contributed by atoms with E-state index in [0.29, 0.717) is 0 Å². The monoisotopic (exact) mass is 324 g/mol. The number of rotatable bonds is 2. The van der Waals surface area contributed by atoms with E-state index in [1.54, 1.807) is 0 Å². The van der Waals surface area contributed by atoms with Crippen molar-refractivity contribution in [3.05, 3.63) is 47.5 Å². The number of hydrogen-bond acceptors (Lipinski definition) is 2. The Morgan fingerprint density at radius 2 is 1.04 bits per heavy atom. The summed E-state index contributed by atoms with van der Waals surface area (Å²) in [5, 5.41) is 2.58. The molecule has 4 heteroatoms. The molecule has 0 atom stereocenters. The Hall–Kier alpha value is -2.04. The lowest BCUT2D eigenvalue weighted by Gasteiger charge is -2.11. The average Bonchev–Trinajstić information content (AvgIpc) is 2.64. The van der Waals surface area contributed by atoms with Gasteiger partial charge in [0.05, 0.1) is 0 Å². The number of hydrogen-bond donors (Lipinski definition) is 0. The van der Waals surface area contributed by atoms with E-state index in [2.05, 4.69) is 58.0 Å². The predicted molar refractivity (Wildman–Crippen MR) is 95.9 cm³/mol. The molecule has 2 aliphatic heterocycles. The van der Waals surface area contributed by atoms with Gasteiger partial charge in [-0.05, 0) is 35.0 Å². The van der Waals surface area contributed by atoms with Crippen LogP contribution in [0.25, 0.3) is 10.8 Å². The molecule has 0 unspecified atom stereocenters. The Labute approximate surface area is 142 Å². The predicted octanol–water partition coefficient (Wildman–Crippen LogP) is 1.76. The highest BCUT2D eigenvalue weighted by Crippen LogP contribution is 2.17. The fraction of sp³-hybridized carbons (Fsp3) is 0.400. The maximum absolute atomic E-state index is 5.41. The summed E-state index contributed by atoms with van der Waals surface area (Å²) in [6.45, 7) is 7.21. The number of benzene rings is 2. The molecule has 0 radical (unpaired) electrons. The minimum Gasteiger partial charge on any atom is -0.368 e. The highest BCUT2D eigenvalue weighted by atomic mass is 16.5. The van der Waals surface area contributed by atoms with E-state index >= 15 is 0 Å². The lowest BCUT2D eigenvalue weighted by molar-refractivity contribution is -0.544. The van der Waals surface area contributed by atoms with Gasteiger partial charge >= 0.3 is 0 Å². The first-order valence-electron chi connectivity index (χ1n) is 8.74. The Kier molecular flexibility index (Phi) is 4.67. The van der Waals surface area contributed by atoms with Crippen LogP contribution in [0.4, 0.5) is 0 Å². The van der Waals surface area contributed by atoms with Crippen molar-refractivity contribution in [1.82, 2.24) is 0 Å². The zero-order valence-electron chi connectivity index (χ0n) is 14.0. The normalized spacial score (nSPS) is 18.7. The van der Waals surface area contributed by atoms with Gasteiger partial charge < -0.3 is 9.47 Å². The van der Waals surface area contributed by atoms with Crippen LogP contribution in [0.5, 0.6) is 0 Å². The van der Waals surface area contributed by atoms with E-state index in [1.807, 2.05) is 0 Å². The van der Waals surface area contributed by atoms with E-state index in [9.17, 15) is 0 Å². The van der Waals surface area contributed by atoms with Crippen LogP contribution in [-0.2, 0) is 9.47 Å². The first kappa shape index (κ1) is 15.5. The third kappa shape index (κ3) is 3.71. The molecule has 2 aromatic carbocycles. The molecule has 0 bridgehead atoms. The van der Waals surface area contributed by atoms with Crippen molar-refractivity contribution in [3.8, 4) is 0 Å². The molecule has 2 aromatic rings. The van der Waals surface area contributed by atoms with Crippen molar-refractivity contribution in [3.63, 3.8) is 0 Å². The van der Waals surface area contributed by atoms with Crippen LogP contribution in [0.1, 0.15) is 11.1 Å². The maximum Gasteiger partial charge on any atom is 0.170 e. The van der Waals surface area contributed by atoms with Gasteiger partial charge in [-0.2, -0.15) is 0 Å². The zero-order valence-corrected chi connectivity index (χ0v) is 14.0. The maximum atomic E-state index is 5.41. The van der Waals surface area contributed by atoms with Crippen LogP contribution in [0.15, 0.2) is 36.4 Å². The number of morpholine rings is 2. The van der Waals surface area contributed by atoms with Crippen LogP contribution in [0.2, 0.25) is 0 Å². The number of ether oxygens (including phenoxy) is 2. The number of fused-ring (bicyclic) bond motifs is 1. The van der Waals surface area contributed by atoms with Gasteiger partial charge in [0.2, 0.25) is 0 Å². The standard InChI is InChI=1S/C20H24N2O2/c1-3-19-14-18(16-22-7-11-24-12-8-22)2-4-20(19)13-17(1)15-21-5-9-23-10-6-21/h1-4,13-16H,5-12H2/q+2. The van der Waals surface area contributed by atoms with Crippen molar-refractivity contribution in [1.29, 1.82) is 0 Å². The fourth-order valence-electron chi connectivity index (χ4n) is 3.28. The van der Waals surface area contributed by atoms with E-state index in [4.69, 9.17) is 9.47 Å². The van der Waals surface area contributed by atoms with Gasteiger partial charge in [-0.3, -0.25) is 0 Å². The molecule has 4 nitrogen and oxygen atoms in total. The summed E-state index contributed by atoms with van der Waals surface area (Å²) in [6.07, 6.45) is 4.49. The summed E-state index contributed by atoms with van der Waals surface area (Å²) in [6, 6.07) is 13.4. The van der Waals surface area contributed by atoms with Crippen molar-refractivity contribution in [2.24, 2.45) is 0 Å². The molecule has 4 rings (SSSR count). The molecule has 2 saturated heterocycles. The third-order valence-electron chi connectivity index (χ3n) is 4.64. The summed E-state index contributed by atoms with van der Waals surface area (Å²) in [5.74, 6) is 0. The molecular weight excluding hydrogens is 300 g/mol. The molecule has 0 spiro atoms. The molecule has 2 fully saturated rings. The molecule has 2 aliphatic rings. The van der Waals surface area contributed by atoms with Gasteiger partial charge in [-0.15, -0.1) is 0 Å². The van der Waals surface area contributed by atoms with Crippen molar-refractivity contribution in [2.75, 3.05) is 52.6 Å². The Morgan fingerprint density at radius 3 is 1.46 bits per heavy atom.